The Morgan fingerprint density at radius 2 is 1.83 bits per heavy atom. The molecule has 0 spiro atoms. The number of carbonyl (C=O) groups excluding carboxylic acids is 1. The number of hydrogen-bond acceptors (Lipinski definition) is 4. The van der Waals surface area contributed by atoms with E-state index < -0.39 is 0 Å². The number of carbonyl (C=O) groups is 1. The zero-order valence-corrected chi connectivity index (χ0v) is 18.7. The van der Waals surface area contributed by atoms with Crippen molar-refractivity contribution in [3.05, 3.63) is 70.5 Å². The lowest BCUT2D eigenvalue weighted by molar-refractivity contribution is -0.116. The van der Waals surface area contributed by atoms with Crippen LogP contribution in [0.4, 0.5) is 11.4 Å². The van der Waals surface area contributed by atoms with Gasteiger partial charge in [0.1, 0.15) is 5.75 Å². The van der Waals surface area contributed by atoms with Gasteiger partial charge in [0.15, 0.2) is 0 Å². The van der Waals surface area contributed by atoms with Crippen LogP contribution in [0.2, 0.25) is 0 Å². The molecule has 6 nitrogen and oxygen atoms in total. The number of benzene rings is 2. The second kappa shape index (κ2) is 10.2. The van der Waals surface area contributed by atoms with Crippen molar-refractivity contribution >= 4 is 29.7 Å². The first kappa shape index (κ1) is 23.3. The first-order valence-corrected chi connectivity index (χ1v) is 9.69. The van der Waals surface area contributed by atoms with Crippen LogP contribution < -0.4 is 15.8 Å². The average molecular weight is 429 g/mol. The Morgan fingerprint density at radius 3 is 2.47 bits per heavy atom. The summed E-state index contributed by atoms with van der Waals surface area (Å²) in [4.78, 5) is 12.4. The number of aryl methyl sites for hydroxylation is 2. The normalized spacial score (nSPS) is 10.4. The Kier molecular flexibility index (Phi) is 7.89. The number of aromatic nitrogens is 2. The molecule has 0 saturated heterocycles. The Hall–Kier alpha value is -2.99. The van der Waals surface area contributed by atoms with Gasteiger partial charge in [-0.2, -0.15) is 5.10 Å². The summed E-state index contributed by atoms with van der Waals surface area (Å²) >= 11 is 0. The topological polar surface area (TPSA) is 82.2 Å². The lowest BCUT2D eigenvalue weighted by Gasteiger charge is -2.09. The molecule has 30 heavy (non-hydrogen) atoms. The highest BCUT2D eigenvalue weighted by molar-refractivity contribution is 5.91. The minimum atomic E-state index is -0.0559. The van der Waals surface area contributed by atoms with E-state index in [1.165, 1.54) is 11.1 Å². The maximum absolute atomic E-state index is 12.4. The first-order chi connectivity index (χ1) is 13.9. The number of nitrogens with two attached hydrogens (primary N) is 1. The molecule has 3 N–H and O–H groups in total. The molecule has 1 amide bonds. The molecule has 1 aromatic heterocycles. The van der Waals surface area contributed by atoms with E-state index >= 15 is 0 Å². The third kappa shape index (κ3) is 5.54. The van der Waals surface area contributed by atoms with Crippen LogP contribution in [0.5, 0.6) is 5.75 Å². The van der Waals surface area contributed by atoms with Gasteiger partial charge in [-0.15, -0.1) is 12.4 Å². The molecule has 3 rings (SSSR count). The smallest absolute Gasteiger partial charge is 0.224 e. The van der Waals surface area contributed by atoms with E-state index in [-0.39, 0.29) is 18.3 Å². The largest absolute Gasteiger partial charge is 0.495 e. The molecule has 0 radical (unpaired) electrons. The van der Waals surface area contributed by atoms with Crippen molar-refractivity contribution in [3.63, 3.8) is 0 Å². The van der Waals surface area contributed by atoms with Gasteiger partial charge >= 0.3 is 0 Å². The SMILES string of the molecule is COc1ccc(NC(=O)CCc2c(C)nn(Cc3ccc(C)cc3)c2C)cc1N.Cl. The van der Waals surface area contributed by atoms with Gasteiger partial charge in [0, 0.05) is 17.8 Å². The summed E-state index contributed by atoms with van der Waals surface area (Å²) in [7, 11) is 1.56. The van der Waals surface area contributed by atoms with Crippen LogP contribution in [-0.2, 0) is 17.8 Å². The van der Waals surface area contributed by atoms with E-state index in [1.54, 1.807) is 25.3 Å². The molecule has 0 bridgehead atoms. The van der Waals surface area contributed by atoms with Gasteiger partial charge in [-0.05, 0) is 56.5 Å². The molecule has 7 heteroatoms. The summed E-state index contributed by atoms with van der Waals surface area (Å²) in [6.07, 6.45) is 1.02. The van der Waals surface area contributed by atoms with Crippen LogP contribution in [0, 0.1) is 20.8 Å². The van der Waals surface area contributed by atoms with Crippen molar-refractivity contribution in [3.8, 4) is 5.75 Å². The number of nitrogen functional groups attached to an aromatic ring is 1. The van der Waals surface area contributed by atoms with E-state index in [0.717, 1.165) is 23.5 Å². The standard InChI is InChI=1S/C23H28N4O2.ClH/c1-15-5-7-18(8-6-15)14-27-17(3)20(16(2)26-27)10-12-23(28)25-19-9-11-22(29-4)21(24)13-19;/h5-9,11,13H,10,12,14,24H2,1-4H3,(H,25,28);1H. The highest BCUT2D eigenvalue weighted by atomic mass is 35.5. The number of amides is 1. The van der Waals surface area contributed by atoms with Crippen LogP contribution in [0.15, 0.2) is 42.5 Å². The van der Waals surface area contributed by atoms with Crippen LogP contribution >= 0.6 is 12.4 Å². The summed E-state index contributed by atoms with van der Waals surface area (Å²) in [5, 5.41) is 7.57. The van der Waals surface area contributed by atoms with Crippen LogP contribution in [0.3, 0.4) is 0 Å². The average Bonchev–Trinajstić information content (AvgIpc) is 2.95. The number of halogens is 1. The second-order valence-corrected chi connectivity index (χ2v) is 7.30. The minimum absolute atomic E-state index is 0. The predicted octanol–water partition coefficient (Wildman–Crippen LogP) is 4.44. The third-order valence-electron chi connectivity index (χ3n) is 5.10. The molecular formula is C23H29ClN4O2. The molecule has 0 aliphatic rings. The maximum atomic E-state index is 12.4. The first-order valence-electron chi connectivity index (χ1n) is 9.69. The molecule has 0 fully saturated rings. The quantitative estimate of drug-likeness (QED) is 0.545. The highest BCUT2D eigenvalue weighted by Gasteiger charge is 2.14. The molecule has 0 saturated carbocycles. The summed E-state index contributed by atoms with van der Waals surface area (Å²) in [5.41, 5.74) is 12.7. The predicted molar refractivity (Wildman–Crippen MR) is 124 cm³/mol. The minimum Gasteiger partial charge on any atom is -0.495 e. The zero-order valence-electron chi connectivity index (χ0n) is 17.9. The van der Waals surface area contributed by atoms with Gasteiger partial charge in [0.2, 0.25) is 5.91 Å². The second-order valence-electron chi connectivity index (χ2n) is 7.30. The van der Waals surface area contributed by atoms with Gasteiger partial charge in [-0.25, -0.2) is 0 Å². The van der Waals surface area contributed by atoms with E-state index in [9.17, 15) is 4.79 Å². The highest BCUT2D eigenvalue weighted by Crippen LogP contribution is 2.25. The summed E-state index contributed by atoms with van der Waals surface area (Å²) in [6.45, 7) is 6.86. The fourth-order valence-electron chi connectivity index (χ4n) is 3.39. The van der Waals surface area contributed by atoms with Crippen molar-refractivity contribution in [1.29, 1.82) is 0 Å². The van der Waals surface area contributed by atoms with E-state index in [1.807, 2.05) is 11.6 Å². The Labute approximate surface area is 183 Å². The van der Waals surface area contributed by atoms with E-state index in [0.29, 0.717) is 30.0 Å². The Morgan fingerprint density at radius 1 is 1.13 bits per heavy atom. The number of anilines is 2. The van der Waals surface area contributed by atoms with Crippen molar-refractivity contribution in [2.75, 3.05) is 18.2 Å². The lowest BCUT2D eigenvalue weighted by Crippen LogP contribution is -2.13. The Balaban J connectivity index is 0.00000320. The number of nitrogens with one attached hydrogen (secondary N) is 1. The zero-order chi connectivity index (χ0) is 21.0. The van der Waals surface area contributed by atoms with E-state index in [2.05, 4.69) is 48.5 Å². The number of hydrogen-bond donors (Lipinski definition) is 2. The number of rotatable bonds is 7. The maximum Gasteiger partial charge on any atom is 0.224 e. The van der Waals surface area contributed by atoms with Crippen LogP contribution in [-0.4, -0.2) is 22.8 Å². The van der Waals surface area contributed by atoms with Crippen LogP contribution in [0.25, 0.3) is 0 Å². The molecule has 1 heterocycles. The number of methoxy groups -OCH3 is 1. The van der Waals surface area contributed by atoms with Gasteiger partial charge in [-0.3, -0.25) is 9.48 Å². The van der Waals surface area contributed by atoms with Gasteiger partial charge in [-0.1, -0.05) is 29.8 Å². The molecule has 160 valence electrons. The summed E-state index contributed by atoms with van der Waals surface area (Å²) in [5.74, 6) is 0.537. The molecule has 0 aliphatic carbocycles. The molecule has 0 unspecified atom stereocenters. The summed E-state index contributed by atoms with van der Waals surface area (Å²) < 4.78 is 7.15. The molecule has 0 atom stereocenters. The van der Waals surface area contributed by atoms with Crippen molar-refractivity contribution in [2.45, 2.75) is 40.2 Å². The van der Waals surface area contributed by atoms with Gasteiger partial charge in [0.25, 0.3) is 0 Å². The molecule has 0 aliphatic heterocycles. The summed E-state index contributed by atoms with van der Waals surface area (Å²) in [6, 6.07) is 13.7. The van der Waals surface area contributed by atoms with Gasteiger partial charge in [0.05, 0.1) is 25.0 Å². The fraction of sp³-hybridized carbons (Fsp3) is 0.304. The van der Waals surface area contributed by atoms with Crippen molar-refractivity contribution in [2.24, 2.45) is 0 Å². The van der Waals surface area contributed by atoms with Crippen LogP contribution in [0.1, 0.15) is 34.5 Å². The molecular weight excluding hydrogens is 400 g/mol. The lowest BCUT2D eigenvalue weighted by atomic mass is 10.1. The third-order valence-corrected chi connectivity index (χ3v) is 5.10. The molecule has 3 aromatic rings. The monoisotopic (exact) mass is 428 g/mol. The van der Waals surface area contributed by atoms with Crippen molar-refractivity contribution in [1.82, 2.24) is 9.78 Å². The Bertz CT molecular complexity index is 1010. The van der Waals surface area contributed by atoms with E-state index in [4.69, 9.17) is 10.5 Å². The van der Waals surface area contributed by atoms with Gasteiger partial charge < -0.3 is 15.8 Å². The number of ether oxygens (including phenoxy) is 1. The fourth-order valence-corrected chi connectivity index (χ4v) is 3.39. The number of nitrogens with zero attached hydrogens (tertiary/aromatic N) is 2. The molecule has 2 aromatic carbocycles. The van der Waals surface area contributed by atoms with Crippen molar-refractivity contribution < 1.29 is 9.53 Å².